The first-order chi connectivity index (χ1) is 9.56. The third-order valence-electron chi connectivity index (χ3n) is 2.25. The summed E-state index contributed by atoms with van der Waals surface area (Å²) in [4.78, 5) is 22.3. The van der Waals surface area contributed by atoms with Gasteiger partial charge in [-0.3, -0.25) is 10.1 Å². The minimum atomic E-state index is -1.07. The molecule has 0 bridgehead atoms. The van der Waals surface area contributed by atoms with Gasteiger partial charge in [-0.1, -0.05) is 29.0 Å². The molecular formula is C12H8ClN3O3S. The van der Waals surface area contributed by atoms with Gasteiger partial charge < -0.3 is 5.11 Å². The summed E-state index contributed by atoms with van der Waals surface area (Å²) in [5.41, 5.74) is 2.36. The van der Waals surface area contributed by atoms with Gasteiger partial charge in [0.25, 0.3) is 5.91 Å². The van der Waals surface area contributed by atoms with Crippen LogP contribution in [0.25, 0.3) is 6.08 Å². The van der Waals surface area contributed by atoms with Crippen LogP contribution in [0.2, 0.25) is 5.02 Å². The molecule has 20 heavy (non-hydrogen) atoms. The monoisotopic (exact) mass is 309 g/mol. The van der Waals surface area contributed by atoms with Gasteiger partial charge in [0.1, 0.15) is 5.51 Å². The molecule has 1 aromatic heterocycles. The van der Waals surface area contributed by atoms with Crippen LogP contribution < -0.4 is 5.32 Å². The van der Waals surface area contributed by atoms with Crippen molar-refractivity contribution in [2.45, 2.75) is 0 Å². The predicted octanol–water partition coefficient (Wildman–Crippen LogP) is 2.54. The molecule has 0 saturated carbocycles. The number of aliphatic carboxylic acids is 1. The summed E-state index contributed by atoms with van der Waals surface area (Å²) in [6, 6.07) is 4.57. The third-order valence-corrected chi connectivity index (χ3v) is 3.18. The summed E-state index contributed by atoms with van der Waals surface area (Å²) in [5.74, 6) is -1.43. The van der Waals surface area contributed by atoms with E-state index in [1.807, 2.05) is 0 Å². The van der Waals surface area contributed by atoms with Crippen molar-refractivity contribution < 1.29 is 14.7 Å². The highest BCUT2D eigenvalue weighted by Crippen LogP contribution is 2.20. The Hall–Kier alpha value is -2.25. The molecule has 1 aromatic carbocycles. The van der Waals surface area contributed by atoms with E-state index < -0.39 is 5.97 Å². The standard InChI is InChI=1S/C12H8ClN3O3S/c13-9-5-8(2-1-7(9)3-4-10(17)18)11(19)15-12-16-14-6-20-12/h1-6H,(H,17,18)(H,15,16,19)/b4-3+. The van der Waals surface area contributed by atoms with E-state index in [9.17, 15) is 9.59 Å². The largest absolute Gasteiger partial charge is 0.478 e. The number of carbonyl (C=O) groups is 2. The fourth-order valence-electron chi connectivity index (χ4n) is 1.36. The number of benzene rings is 1. The Balaban J connectivity index is 2.16. The van der Waals surface area contributed by atoms with Crippen LogP contribution in [0, 0.1) is 0 Å². The molecule has 2 rings (SSSR count). The number of hydrogen-bond acceptors (Lipinski definition) is 5. The minimum Gasteiger partial charge on any atom is -0.478 e. The molecule has 2 N–H and O–H groups in total. The SMILES string of the molecule is O=C(O)/C=C/c1ccc(C(=O)Nc2nncs2)cc1Cl. The van der Waals surface area contributed by atoms with E-state index in [1.54, 1.807) is 12.1 Å². The Bertz CT molecular complexity index is 671. The first-order valence-electron chi connectivity index (χ1n) is 5.34. The fraction of sp³-hybridized carbons (Fsp3) is 0. The molecule has 0 unspecified atom stereocenters. The number of anilines is 1. The van der Waals surface area contributed by atoms with E-state index in [0.717, 1.165) is 6.08 Å². The first kappa shape index (κ1) is 14.2. The number of aromatic nitrogens is 2. The van der Waals surface area contributed by atoms with E-state index in [2.05, 4.69) is 15.5 Å². The molecule has 0 aliphatic heterocycles. The van der Waals surface area contributed by atoms with Gasteiger partial charge in [-0.05, 0) is 23.8 Å². The van der Waals surface area contributed by atoms with Crippen molar-refractivity contribution in [3.63, 3.8) is 0 Å². The smallest absolute Gasteiger partial charge is 0.328 e. The van der Waals surface area contributed by atoms with Gasteiger partial charge >= 0.3 is 5.97 Å². The number of amides is 1. The second-order valence-electron chi connectivity index (χ2n) is 3.61. The zero-order valence-electron chi connectivity index (χ0n) is 9.91. The van der Waals surface area contributed by atoms with Gasteiger partial charge in [0, 0.05) is 16.7 Å². The van der Waals surface area contributed by atoms with E-state index >= 15 is 0 Å². The van der Waals surface area contributed by atoms with E-state index in [1.165, 1.54) is 29.0 Å². The van der Waals surface area contributed by atoms with Crippen LogP contribution in [-0.2, 0) is 4.79 Å². The van der Waals surface area contributed by atoms with Crippen LogP contribution in [0.15, 0.2) is 29.8 Å². The van der Waals surface area contributed by atoms with Crippen LogP contribution in [0.1, 0.15) is 15.9 Å². The highest BCUT2D eigenvalue weighted by Gasteiger charge is 2.09. The van der Waals surface area contributed by atoms with E-state index in [-0.39, 0.29) is 10.9 Å². The highest BCUT2D eigenvalue weighted by molar-refractivity contribution is 7.13. The second-order valence-corrected chi connectivity index (χ2v) is 4.85. The van der Waals surface area contributed by atoms with Crippen molar-refractivity contribution in [3.05, 3.63) is 45.9 Å². The van der Waals surface area contributed by atoms with Crippen molar-refractivity contribution in [1.29, 1.82) is 0 Å². The maximum Gasteiger partial charge on any atom is 0.328 e. The van der Waals surface area contributed by atoms with Crippen molar-refractivity contribution in [2.75, 3.05) is 5.32 Å². The number of carboxylic acid groups (broad SMARTS) is 1. The van der Waals surface area contributed by atoms with Gasteiger partial charge in [-0.2, -0.15) is 0 Å². The molecule has 0 radical (unpaired) electrons. The average Bonchev–Trinajstić information content (AvgIpc) is 2.89. The lowest BCUT2D eigenvalue weighted by Crippen LogP contribution is -2.11. The molecule has 0 fully saturated rings. The quantitative estimate of drug-likeness (QED) is 0.847. The van der Waals surface area contributed by atoms with Gasteiger partial charge in [-0.15, -0.1) is 10.2 Å². The number of nitrogens with zero attached hydrogens (tertiary/aromatic N) is 2. The Labute approximate surface area is 122 Å². The normalized spacial score (nSPS) is 10.7. The molecule has 0 aliphatic rings. The maximum atomic E-state index is 11.9. The lowest BCUT2D eigenvalue weighted by molar-refractivity contribution is -0.131. The third kappa shape index (κ3) is 3.62. The van der Waals surface area contributed by atoms with Crippen LogP contribution in [-0.4, -0.2) is 27.2 Å². The van der Waals surface area contributed by atoms with Crippen LogP contribution in [0.3, 0.4) is 0 Å². The summed E-state index contributed by atoms with van der Waals surface area (Å²) in [7, 11) is 0. The minimum absolute atomic E-state index is 0.285. The van der Waals surface area contributed by atoms with E-state index in [0.29, 0.717) is 16.3 Å². The van der Waals surface area contributed by atoms with Crippen molar-refractivity contribution in [2.24, 2.45) is 0 Å². The Kier molecular flexibility index (Phi) is 4.44. The maximum absolute atomic E-state index is 11.9. The Morgan fingerprint density at radius 1 is 1.40 bits per heavy atom. The number of rotatable bonds is 4. The lowest BCUT2D eigenvalue weighted by atomic mass is 10.1. The molecule has 2 aromatic rings. The molecule has 1 heterocycles. The van der Waals surface area contributed by atoms with Gasteiger partial charge in [0.15, 0.2) is 0 Å². The average molecular weight is 310 g/mol. The molecule has 0 aliphatic carbocycles. The molecule has 1 amide bonds. The van der Waals surface area contributed by atoms with Gasteiger partial charge in [0.05, 0.1) is 0 Å². The summed E-state index contributed by atoms with van der Waals surface area (Å²) in [6.07, 6.45) is 2.33. The molecule has 0 atom stereocenters. The summed E-state index contributed by atoms with van der Waals surface area (Å²) in [6.45, 7) is 0. The van der Waals surface area contributed by atoms with Crippen molar-refractivity contribution >= 4 is 46.0 Å². The number of carbonyl (C=O) groups excluding carboxylic acids is 1. The number of carboxylic acids is 1. The number of nitrogens with one attached hydrogen (secondary N) is 1. The van der Waals surface area contributed by atoms with Crippen LogP contribution in [0.4, 0.5) is 5.13 Å². The Morgan fingerprint density at radius 2 is 2.20 bits per heavy atom. The number of hydrogen-bond donors (Lipinski definition) is 2. The molecule has 0 saturated heterocycles. The van der Waals surface area contributed by atoms with Crippen molar-refractivity contribution in [1.82, 2.24) is 10.2 Å². The van der Waals surface area contributed by atoms with Gasteiger partial charge in [0.2, 0.25) is 5.13 Å². The summed E-state index contributed by atoms with van der Waals surface area (Å²) < 4.78 is 0. The summed E-state index contributed by atoms with van der Waals surface area (Å²) >= 11 is 7.19. The second kappa shape index (κ2) is 6.27. The predicted molar refractivity (Wildman–Crippen MR) is 76.0 cm³/mol. The van der Waals surface area contributed by atoms with Gasteiger partial charge in [-0.25, -0.2) is 4.79 Å². The molecule has 102 valence electrons. The number of halogens is 1. The zero-order chi connectivity index (χ0) is 14.5. The molecule has 8 heteroatoms. The first-order valence-corrected chi connectivity index (χ1v) is 6.60. The fourth-order valence-corrected chi connectivity index (χ4v) is 2.04. The van der Waals surface area contributed by atoms with Crippen molar-refractivity contribution in [3.8, 4) is 0 Å². The molecule has 0 spiro atoms. The van der Waals surface area contributed by atoms with Crippen LogP contribution in [0.5, 0.6) is 0 Å². The lowest BCUT2D eigenvalue weighted by Gasteiger charge is -2.04. The summed E-state index contributed by atoms with van der Waals surface area (Å²) in [5, 5.41) is 19.1. The highest BCUT2D eigenvalue weighted by atomic mass is 35.5. The Morgan fingerprint density at radius 3 is 2.80 bits per heavy atom. The topological polar surface area (TPSA) is 92.2 Å². The van der Waals surface area contributed by atoms with E-state index in [4.69, 9.17) is 16.7 Å². The molecular weight excluding hydrogens is 302 g/mol. The molecule has 6 nitrogen and oxygen atoms in total. The zero-order valence-corrected chi connectivity index (χ0v) is 11.5. The van der Waals surface area contributed by atoms with Crippen LogP contribution >= 0.6 is 22.9 Å².